The van der Waals surface area contributed by atoms with E-state index < -0.39 is 17.8 Å². The minimum Gasteiger partial charge on any atom is -0.494 e. The Kier molecular flexibility index (Phi) is 7.16. The highest BCUT2D eigenvalue weighted by Crippen LogP contribution is 2.20. The molecule has 0 heterocycles. The minimum absolute atomic E-state index is 0.0543. The Labute approximate surface area is 174 Å². The van der Waals surface area contributed by atoms with Crippen molar-refractivity contribution in [2.24, 2.45) is 0 Å². The summed E-state index contributed by atoms with van der Waals surface area (Å²) in [4.78, 5) is 25.0. The largest absolute Gasteiger partial charge is 0.494 e. The third kappa shape index (κ3) is 5.67. The third-order valence-corrected chi connectivity index (χ3v) is 4.53. The first-order valence-electron chi connectivity index (χ1n) is 9.45. The van der Waals surface area contributed by atoms with Crippen molar-refractivity contribution in [3.63, 3.8) is 0 Å². The molecule has 0 aliphatic heterocycles. The van der Waals surface area contributed by atoms with E-state index >= 15 is 0 Å². The first kappa shape index (κ1) is 21.0. The molecule has 3 rings (SSSR count). The zero-order chi connectivity index (χ0) is 21.3. The lowest BCUT2D eigenvalue weighted by Gasteiger charge is -2.19. The van der Waals surface area contributed by atoms with Gasteiger partial charge in [0.05, 0.1) is 19.6 Å². The second kappa shape index (κ2) is 10.2. The van der Waals surface area contributed by atoms with Gasteiger partial charge in [-0.2, -0.15) is 0 Å². The van der Waals surface area contributed by atoms with Crippen molar-refractivity contribution in [3.8, 4) is 5.75 Å². The number of esters is 1. The number of rotatable bonds is 8. The molecule has 0 aliphatic carbocycles. The van der Waals surface area contributed by atoms with Crippen molar-refractivity contribution in [3.05, 3.63) is 101 Å². The topological polar surface area (TPSA) is 64.6 Å². The lowest BCUT2D eigenvalue weighted by molar-refractivity contribution is -0.145. The molecular formula is C24H22FNO4. The zero-order valence-corrected chi connectivity index (χ0v) is 16.5. The van der Waals surface area contributed by atoms with E-state index in [1.807, 2.05) is 36.4 Å². The van der Waals surface area contributed by atoms with Gasteiger partial charge in [0.25, 0.3) is 5.91 Å². The monoisotopic (exact) mass is 407 g/mol. The van der Waals surface area contributed by atoms with E-state index in [0.29, 0.717) is 11.1 Å². The van der Waals surface area contributed by atoms with E-state index in [4.69, 9.17) is 9.47 Å². The van der Waals surface area contributed by atoms with Gasteiger partial charge < -0.3 is 14.8 Å². The normalized spacial score (nSPS) is 11.4. The van der Waals surface area contributed by atoms with Gasteiger partial charge in [0.15, 0.2) is 11.6 Å². The molecule has 0 unspecified atom stereocenters. The van der Waals surface area contributed by atoms with Crippen LogP contribution >= 0.6 is 0 Å². The van der Waals surface area contributed by atoms with E-state index in [0.717, 1.165) is 5.56 Å². The Morgan fingerprint density at radius 2 is 1.63 bits per heavy atom. The van der Waals surface area contributed by atoms with Crippen LogP contribution < -0.4 is 10.1 Å². The van der Waals surface area contributed by atoms with Gasteiger partial charge in [-0.1, -0.05) is 54.6 Å². The maximum absolute atomic E-state index is 13.8. The fraction of sp³-hybridized carbons (Fsp3) is 0.167. The van der Waals surface area contributed by atoms with Crippen molar-refractivity contribution in [2.75, 3.05) is 7.11 Å². The number of hydrogen-bond donors (Lipinski definition) is 1. The van der Waals surface area contributed by atoms with E-state index in [2.05, 4.69) is 5.32 Å². The molecule has 0 spiro atoms. The van der Waals surface area contributed by atoms with Gasteiger partial charge in [-0.25, -0.2) is 4.39 Å². The first-order chi connectivity index (χ1) is 14.6. The lowest BCUT2D eigenvalue weighted by Crippen LogP contribution is -2.30. The summed E-state index contributed by atoms with van der Waals surface area (Å²) < 4.78 is 24.0. The smallest absolute Gasteiger partial charge is 0.308 e. The second-order valence-corrected chi connectivity index (χ2v) is 6.64. The predicted molar refractivity (Wildman–Crippen MR) is 110 cm³/mol. The summed E-state index contributed by atoms with van der Waals surface area (Å²) in [6, 6.07) is 21.8. The Hall–Kier alpha value is -3.67. The van der Waals surface area contributed by atoms with Gasteiger partial charge in [0.1, 0.15) is 6.61 Å². The molecule has 30 heavy (non-hydrogen) atoms. The predicted octanol–water partition coefficient (Wildman–Crippen LogP) is 4.44. The summed E-state index contributed by atoms with van der Waals surface area (Å²) in [6.07, 6.45) is -0.0543. The van der Waals surface area contributed by atoms with Crippen LogP contribution in [0.25, 0.3) is 0 Å². The average molecular weight is 407 g/mol. The van der Waals surface area contributed by atoms with E-state index in [1.54, 1.807) is 30.3 Å². The molecule has 1 amide bonds. The fourth-order valence-electron chi connectivity index (χ4n) is 2.96. The van der Waals surface area contributed by atoms with Crippen molar-refractivity contribution in [1.29, 1.82) is 0 Å². The van der Waals surface area contributed by atoms with Crippen LogP contribution in [-0.4, -0.2) is 19.0 Å². The number of nitrogens with one attached hydrogen (secondary N) is 1. The number of amides is 1. The van der Waals surface area contributed by atoms with Crippen molar-refractivity contribution >= 4 is 11.9 Å². The Morgan fingerprint density at radius 3 is 2.27 bits per heavy atom. The molecule has 1 N–H and O–H groups in total. The van der Waals surface area contributed by atoms with Crippen LogP contribution in [0.3, 0.4) is 0 Å². The third-order valence-electron chi connectivity index (χ3n) is 4.53. The van der Waals surface area contributed by atoms with Crippen LogP contribution in [0, 0.1) is 5.82 Å². The summed E-state index contributed by atoms with van der Waals surface area (Å²) in [6.45, 7) is -0.0755. The van der Waals surface area contributed by atoms with Crippen molar-refractivity contribution < 1.29 is 23.5 Å². The molecule has 0 saturated carbocycles. The summed E-state index contributed by atoms with van der Waals surface area (Å²) in [5, 5.41) is 2.89. The van der Waals surface area contributed by atoms with Crippen LogP contribution in [0.5, 0.6) is 5.75 Å². The molecular weight excluding hydrogens is 385 g/mol. The molecule has 0 aliphatic rings. The first-order valence-corrected chi connectivity index (χ1v) is 9.45. The van der Waals surface area contributed by atoms with Gasteiger partial charge in [-0.3, -0.25) is 9.59 Å². The summed E-state index contributed by atoms with van der Waals surface area (Å²) in [7, 11) is 1.38. The van der Waals surface area contributed by atoms with E-state index in [9.17, 15) is 14.0 Å². The standard InChI is InChI=1S/C24H22FNO4/c1-29-22-13-12-17(14-20(22)25)16-30-23(27)15-21(18-8-4-2-5-9-18)26-24(28)19-10-6-3-7-11-19/h2-14,21H,15-16H2,1H3,(H,26,28)/t21-/m0/s1. The highest BCUT2D eigenvalue weighted by molar-refractivity contribution is 5.94. The minimum atomic E-state index is -0.556. The van der Waals surface area contributed by atoms with Crippen molar-refractivity contribution in [2.45, 2.75) is 19.1 Å². The maximum Gasteiger partial charge on any atom is 0.308 e. The van der Waals surface area contributed by atoms with Crippen molar-refractivity contribution in [1.82, 2.24) is 5.32 Å². The zero-order valence-electron chi connectivity index (χ0n) is 16.5. The van der Waals surface area contributed by atoms with Gasteiger partial charge in [-0.05, 0) is 35.4 Å². The molecule has 0 fully saturated rings. The highest BCUT2D eigenvalue weighted by Gasteiger charge is 2.20. The van der Waals surface area contributed by atoms with E-state index in [-0.39, 0.29) is 24.7 Å². The molecule has 0 bridgehead atoms. The van der Waals surface area contributed by atoms with Crippen LogP contribution in [0.2, 0.25) is 0 Å². The van der Waals surface area contributed by atoms with Gasteiger partial charge >= 0.3 is 5.97 Å². The lowest BCUT2D eigenvalue weighted by atomic mass is 10.0. The molecule has 3 aromatic carbocycles. The molecule has 3 aromatic rings. The molecule has 5 nitrogen and oxygen atoms in total. The van der Waals surface area contributed by atoms with Gasteiger partial charge in [0, 0.05) is 5.56 Å². The summed E-state index contributed by atoms with van der Waals surface area (Å²) >= 11 is 0. The number of methoxy groups -OCH3 is 1. The average Bonchev–Trinajstić information content (AvgIpc) is 2.78. The van der Waals surface area contributed by atoms with Crippen LogP contribution in [-0.2, 0) is 16.1 Å². The SMILES string of the molecule is COc1ccc(COC(=O)C[C@H](NC(=O)c2ccccc2)c2ccccc2)cc1F. The van der Waals surface area contributed by atoms with Crippen LogP contribution in [0.15, 0.2) is 78.9 Å². The number of carbonyl (C=O) groups excluding carboxylic acids is 2. The molecule has 0 aromatic heterocycles. The molecule has 0 saturated heterocycles. The fourth-order valence-corrected chi connectivity index (χ4v) is 2.96. The Balaban J connectivity index is 1.66. The number of hydrogen-bond acceptors (Lipinski definition) is 4. The van der Waals surface area contributed by atoms with Crippen LogP contribution in [0.1, 0.15) is 33.9 Å². The highest BCUT2D eigenvalue weighted by atomic mass is 19.1. The molecule has 1 atom stereocenters. The van der Waals surface area contributed by atoms with Gasteiger partial charge in [-0.15, -0.1) is 0 Å². The summed E-state index contributed by atoms with van der Waals surface area (Å²) in [5.41, 5.74) is 1.79. The number of ether oxygens (including phenoxy) is 2. The van der Waals surface area contributed by atoms with Gasteiger partial charge in [0.2, 0.25) is 0 Å². The maximum atomic E-state index is 13.8. The number of benzene rings is 3. The Morgan fingerprint density at radius 1 is 0.967 bits per heavy atom. The summed E-state index contributed by atoms with van der Waals surface area (Å²) in [5.74, 6) is -1.19. The molecule has 154 valence electrons. The van der Waals surface area contributed by atoms with Crippen LogP contribution in [0.4, 0.5) is 4.39 Å². The Bertz CT molecular complexity index is 993. The number of carbonyl (C=O) groups is 2. The van der Waals surface area contributed by atoms with E-state index in [1.165, 1.54) is 19.2 Å². The quantitative estimate of drug-likeness (QED) is 0.561. The molecule has 0 radical (unpaired) electrons. The molecule has 6 heteroatoms. The second-order valence-electron chi connectivity index (χ2n) is 6.64. The number of halogens is 1.